The lowest BCUT2D eigenvalue weighted by Gasteiger charge is -2.36. The van der Waals surface area contributed by atoms with Crippen LogP contribution < -0.4 is 0 Å². The molecule has 2 N–H and O–H groups in total. The number of phenols is 1. The van der Waals surface area contributed by atoms with Crippen molar-refractivity contribution in [3.63, 3.8) is 0 Å². The van der Waals surface area contributed by atoms with Crippen LogP contribution in [0.15, 0.2) is 24.3 Å². The predicted molar refractivity (Wildman–Crippen MR) is 74.1 cm³/mol. The van der Waals surface area contributed by atoms with E-state index in [4.69, 9.17) is 0 Å². The Morgan fingerprint density at radius 2 is 2.05 bits per heavy atom. The highest BCUT2D eigenvalue weighted by Crippen LogP contribution is 2.42. The van der Waals surface area contributed by atoms with E-state index in [0.717, 1.165) is 37.7 Å². The minimum Gasteiger partial charge on any atom is -0.508 e. The van der Waals surface area contributed by atoms with Crippen molar-refractivity contribution in [3.8, 4) is 5.75 Å². The lowest BCUT2D eigenvalue weighted by molar-refractivity contribution is -0.151. The molecule has 0 unspecified atom stereocenters. The molecule has 0 saturated heterocycles. The van der Waals surface area contributed by atoms with E-state index in [2.05, 4.69) is 6.92 Å². The van der Waals surface area contributed by atoms with E-state index < -0.39 is 11.4 Å². The Hall–Kier alpha value is -1.51. The molecule has 1 fully saturated rings. The smallest absolute Gasteiger partial charge is 0.309 e. The van der Waals surface area contributed by atoms with Gasteiger partial charge in [0.05, 0.1) is 5.41 Å². The van der Waals surface area contributed by atoms with Crippen LogP contribution >= 0.6 is 0 Å². The third kappa shape index (κ3) is 3.09. The Bertz CT molecular complexity index is 445. The maximum absolute atomic E-state index is 11.7. The zero-order valence-electron chi connectivity index (χ0n) is 11.4. The standard InChI is InChI=1S/C16H22O3/c1-2-12-6-8-16(9-7-12,15(18)19)11-13-4-3-5-14(17)10-13/h3-5,10,12,17H,2,6-9,11H2,1H3,(H,18,19). The van der Waals surface area contributed by atoms with Crippen molar-refractivity contribution < 1.29 is 15.0 Å². The zero-order chi connectivity index (χ0) is 13.9. The largest absolute Gasteiger partial charge is 0.508 e. The van der Waals surface area contributed by atoms with Crippen molar-refractivity contribution in [2.75, 3.05) is 0 Å². The van der Waals surface area contributed by atoms with E-state index in [1.54, 1.807) is 18.2 Å². The normalized spacial score (nSPS) is 27.1. The van der Waals surface area contributed by atoms with Crippen LogP contribution in [0, 0.1) is 11.3 Å². The average molecular weight is 262 g/mol. The second-order valence-electron chi connectivity index (χ2n) is 5.78. The summed E-state index contributed by atoms with van der Waals surface area (Å²) in [6.07, 6.45) is 5.16. The molecule has 1 aromatic carbocycles. The molecule has 0 bridgehead atoms. The summed E-state index contributed by atoms with van der Waals surface area (Å²) in [6, 6.07) is 6.97. The first-order valence-corrected chi connectivity index (χ1v) is 7.07. The molecule has 1 saturated carbocycles. The number of benzene rings is 1. The fourth-order valence-corrected chi connectivity index (χ4v) is 3.16. The van der Waals surface area contributed by atoms with Crippen LogP contribution in [-0.2, 0) is 11.2 Å². The zero-order valence-corrected chi connectivity index (χ0v) is 11.4. The SMILES string of the molecule is CCC1CCC(Cc2cccc(O)c2)(C(=O)O)CC1. The molecule has 0 radical (unpaired) electrons. The monoisotopic (exact) mass is 262 g/mol. The number of phenolic OH excluding ortho intramolecular Hbond substituents is 1. The average Bonchev–Trinajstić information content (AvgIpc) is 2.39. The van der Waals surface area contributed by atoms with Crippen molar-refractivity contribution >= 4 is 5.97 Å². The van der Waals surface area contributed by atoms with Crippen molar-refractivity contribution in [1.82, 2.24) is 0 Å². The summed E-state index contributed by atoms with van der Waals surface area (Å²) in [5, 5.41) is 19.1. The molecular formula is C16H22O3. The van der Waals surface area contributed by atoms with Crippen LogP contribution in [0.1, 0.15) is 44.6 Å². The van der Waals surface area contributed by atoms with Gasteiger partial charge in [0, 0.05) is 0 Å². The first-order valence-electron chi connectivity index (χ1n) is 7.07. The van der Waals surface area contributed by atoms with E-state index in [1.165, 1.54) is 0 Å². The Balaban J connectivity index is 2.15. The van der Waals surface area contributed by atoms with Gasteiger partial charge in [-0.1, -0.05) is 25.5 Å². The molecule has 19 heavy (non-hydrogen) atoms. The quantitative estimate of drug-likeness (QED) is 0.871. The van der Waals surface area contributed by atoms with Crippen molar-refractivity contribution in [2.24, 2.45) is 11.3 Å². The number of hydrogen-bond acceptors (Lipinski definition) is 2. The molecule has 0 atom stereocenters. The van der Waals surface area contributed by atoms with Crippen LogP contribution in [0.5, 0.6) is 5.75 Å². The van der Waals surface area contributed by atoms with E-state index in [1.807, 2.05) is 6.07 Å². The Kier molecular flexibility index (Phi) is 4.13. The molecule has 0 aliphatic heterocycles. The Morgan fingerprint density at radius 3 is 2.58 bits per heavy atom. The van der Waals surface area contributed by atoms with Gasteiger partial charge in [0.1, 0.15) is 5.75 Å². The number of carboxylic acids is 1. The third-order valence-corrected chi connectivity index (χ3v) is 4.55. The van der Waals surface area contributed by atoms with Crippen LogP contribution in [0.2, 0.25) is 0 Å². The van der Waals surface area contributed by atoms with Crippen molar-refractivity contribution in [1.29, 1.82) is 0 Å². The molecule has 1 aliphatic rings. The number of hydrogen-bond donors (Lipinski definition) is 2. The van der Waals surface area contributed by atoms with Gasteiger partial charge in [0.15, 0.2) is 0 Å². The number of carbonyl (C=O) groups is 1. The molecule has 3 nitrogen and oxygen atoms in total. The topological polar surface area (TPSA) is 57.5 Å². The van der Waals surface area contributed by atoms with E-state index in [-0.39, 0.29) is 5.75 Å². The summed E-state index contributed by atoms with van der Waals surface area (Å²) in [5.41, 5.74) is 0.275. The highest BCUT2D eigenvalue weighted by Gasteiger charge is 2.41. The lowest BCUT2D eigenvalue weighted by Crippen LogP contribution is -2.37. The summed E-state index contributed by atoms with van der Waals surface area (Å²) < 4.78 is 0. The van der Waals surface area contributed by atoms with Crippen molar-refractivity contribution in [3.05, 3.63) is 29.8 Å². The van der Waals surface area contributed by atoms with Crippen LogP contribution in [0.25, 0.3) is 0 Å². The van der Waals surface area contributed by atoms with Crippen LogP contribution in [-0.4, -0.2) is 16.2 Å². The molecule has 104 valence electrons. The first kappa shape index (κ1) is 13.9. The van der Waals surface area contributed by atoms with Gasteiger partial charge in [-0.05, 0) is 55.7 Å². The van der Waals surface area contributed by atoms with Gasteiger partial charge < -0.3 is 10.2 Å². The fraction of sp³-hybridized carbons (Fsp3) is 0.562. The molecule has 0 amide bonds. The van der Waals surface area contributed by atoms with Gasteiger partial charge in [0.2, 0.25) is 0 Å². The summed E-state index contributed by atoms with van der Waals surface area (Å²) in [5.74, 6) is 0.197. The highest BCUT2D eigenvalue weighted by atomic mass is 16.4. The molecule has 1 aliphatic carbocycles. The van der Waals surface area contributed by atoms with Crippen LogP contribution in [0.4, 0.5) is 0 Å². The van der Waals surface area contributed by atoms with Gasteiger partial charge in [-0.3, -0.25) is 4.79 Å². The number of aliphatic carboxylic acids is 1. The van der Waals surface area contributed by atoms with E-state index in [9.17, 15) is 15.0 Å². The Morgan fingerprint density at radius 1 is 1.37 bits per heavy atom. The number of rotatable bonds is 4. The molecule has 1 aromatic rings. The summed E-state index contributed by atoms with van der Waals surface area (Å²) in [6.45, 7) is 2.17. The van der Waals surface area contributed by atoms with Gasteiger partial charge in [-0.2, -0.15) is 0 Å². The van der Waals surface area contributed by atoms with Gasteiger partial charge in [-0.15, -0.1) is 0 Å². The van der Waals surface area contributed by atoms with Crippen LogP contribution in [0.3, 0.4) is 0 Å². The highest BCUT2D eigenvalue weighted by molar-refractivity contribution is 5.75. The Labute approximate surface area is 114 Å². The second kappa shape index (κ2) is 5.64. The fourth-order valence-electron chi connectivity index (χ4n) is 3.16. The minimum absolute atomic E-state index is 0.209. The van der Waals surface area contributed by atoms with E-state index in [0.29, 0.717) is 12.3 Å². The maximum atomic E-state index is 11.7. The molecule has 0 spiro atoms. The number of carboxylic acid groups (broad SMARTS) is 1. The van der Waals surface area contributed by atoms with Gasteiger partial charge in [-0.25, -0.2) is 0 Å². The summed E-state index contributed by atoms with van der Waals surface area (Å²) >= 11 is 0. The summed E-state index contributed by atoms with van der Waals surface area (Å²) in [7, 11) is 0. The second-order valence-corrected chi connectivity index (χ2v) is 5.78. The lowest BCUT2D eigenvalue weighted by atomic mass is 9.67. The minimum atomic E-state index is -0.689. The molecule has 3 heteroatoms. The molecule has 0 aromatic heterocycles. The maximum Gasteiger partial charge on any atom is 0.309 e. The summed E-state index contributed by atoms with van der Waals surface area (Å²) in [4.78, 5) is 11.7. The molecule has 2 rings (SSSR count). The van der Waals surface area contributed by atoms with Crippen molar-refractivity contribution in [2.45, 2.75) is 45.4 Å². The molecule has 0 heterocycles. The van der Waals surface area contributed by atoms with E-state index >= 15 is 0 Å². The number of aromatic hydroxyl groups is 1. The van der Waals surface area contributed by atoms with Gasteiger partial charge >= 0.3 is 5.97 Å². The third-order valence-electron chi connectivity index (χ3n) is 4.55. The van der Waals surface area contributed by atoms with Gasteiger partial charge in [0.25, 0.3) is 0 Å². The predicted octanol–water partition coefficient (Wildman–Crippen LogP) is 3.61. The molecular weight excluding hydrogens is 240 g/mol. The first-order chi connectivity index (χ1) is 9.05.